The van der Waals surface area contributed by atoms with Gasteiger partial charge in [-0.25, -0.2) is 4.79 Å². The second-order valence-corrected chi connectivity index (χ2v) is 2.84. The van der Waals surface area contributed by atoms with Crippen LogP contribution in [0.4, 0.5) is 4.79 Å². The van der Waals surface area contributed by atoms with Gasteiger partial charge in [-0.05, 0) is 0 Å². The summed E-state index contributed by atoms with van der Waals surface area (Å²) in [7, 11) is 0. The monoisotopic (exact) mass is 223 g/mol. The highest BCUT2D eigenvalue weighted by Crippen LogP contribution is 2.03. The number of rotatable bonds is 6. The molecule has 88 valence electrons. The maximum Gasteiger partial charge on any atom is 0.505 e. The van der Waals surface area contributed by atoms with Crippen LogP contribution in [0.3, 0.4) is 0 Å². The third-order valence-electron chi connectivity index (χ3n) is 1.67. The quantitative estimate of drug-likeness (QED) is 0.241. The van der Waals surface area contributed by atoms with Gasteiger partial charge in [-0.1, -0.05) is 0 Å². The van der Waals surface area contributed by atoms with E-state index in [0.717, 1.165) is 0 Å². The zero-order valence-corrected chi connectivity index (χ0v) is 7.68. The van der Waals surface area contributed by atoms with E-state index in [4.69, 9.17) is 21.1 Å². The lowest BCUT2D eigenvalue weighted by molar-refractivity contribution is -0.118. The fourth-order valence-electron chi connectivity index (χ4n) is 0.791. The number of aliphatic hydroxyl groups excluding tert-OH is 3. The van der Waals surface area contributed by atoms with Gasteiger partial charge in [0.2, 0.25) is 0 Å². The van der Waals surface area contributed by atoms with Crippen LogP contribution in [-0.4, -0.2) is 63.8 Å². The van der Waals surface area contributed by atoms with Crippen molar-refractivity contribution in [3.8, 4) is 0 Å². The van der Waals surface area contributed by atoms with E-state index in [0.29, 0.717) is 0 Å². The summed E-state index contributed by atoms with van der Waals surface area (Å²) >= 11 is 0. The molecule has 0 heterocycles. The van der Waals surface area contributed by atoms with Gasteiger partial charge in [0.25, 0.3) is 0 Å². The van der Waals surface area contributed by atoms with Gasteiger partial charge in [0.1, 0.15) is 31.2 Å². The molecular weight excluding hydrogens is 210 g/mol. The molecule has 0 unspecified atom stereocenters. The molecule has 15 heavy (non-hydrogen) atoms. The molecule has 0 saturated carbocycles. The number of hydrogen-bond donors (Lipinski definition) is 5. The zero-order chi connectivity index (χ0) is 12.0. The standard InChI is InChI=1S/C7H13NO7/c8-3(1-9)5(11)6(12)4(10)2-15-7(13)14/h1,3-6,10-12H,2,8H2,(H,13,14)/t3-,4+,5+,6-/m0/s1. The number of carbonyl (C=O) groups excluding carboxylic acids is 1. The molecule has 0 aromatic carbocycles. The molecule has 8 heteroatoms. The Hall–Kier alpha value is -1.22. The van der Waals surface area contributed by atoms with Crippen LogP contribution in [0.25, 0.3) is 0 Å². The fourth-order valence-corrected chi connectivity index (χ4v) is 0.791. The molecule has 0 spiro atoms. The summed E-state index contributed by atoms with van der Waals surface area (Å²) in [6.45, 7) is -0.723. The molecule has 0 aliphatic heterocycles. The number of aldehydes is 1. The molecule has 4 atom stereocenters. The molecule has 0 aliphatic rings. The smallest absolute Gasteiger partial charge is 0.450 e. The lowest BCUT2D eigenvalue weighted by Gasteiger charge is -2.23. The molecule has 6 N–H and O–H groups in total. The molecule has 0 rings (SSSR count). The van der Waals surface area contributed by atoms with Gasteiger partial charge < -0.3 is 35.7 Å². The predicted octanol–water partition coefficient (Wildman–Crippen LogP) is -2.71. The van der Waals surface area contributed by atoms with Crippen molar-refractivity contribution in [2.24, 2.45) is 5.73 Å². The van der Waals surface area contributed by atoms with Crippen molar-refractivity contribution in [2.75, 3.05) is 6.61 Å². The van der Waals surface area contributed by atoms with E-state index >= 15 is 0 Å². The Balaban J connectivity index is 4.11. The van der Waals surface area contributed by atoms with Crippen LogP contribution in [0, 0.1) is 0 Å². The van der Waals surface area contributed by atoms with Crippen LogP contribution in [0.5, 0.6) is 0 Å². The first kappa shape index (κ1) is 13.8. The molecule has 8 nitrogen and oxygen atoms in total. The SMILES string of the molecule is N[C@@H](C=O)[C@@H](O)[C@@H](O)[C@H](O)COC(=O)O. The third kappa shape index (κ3) is 4.70. The van der Waals surface area contributed by atoms with Crippen molar-refractivity contribution in [3.63, 3.8) is 0 Å². The van der Waals surface area contributed by atoms with Crippen molar-refractivity contribution in [2.45, 2.75) is 24.4 Å². The van der Waals surface area contributed by atoms with E-state index in [-0.39, 0.29) is 6.29 Å². The van der Waals surface area contributed by atoms with Gasteiger partial charge in [-0.2, -0.15) is 0 Å². The Labute approximate surface area is 84.9 Å². The fraction of sp³-hybridized carbons (Fsp3) is 0.714. The third-order valence-corrected chi connectivity index (χ3v) is 1.67. The lowest BCUT2D eigenvalue weighted by Crippen LogP contribution is -2.50. The number of carbonyl (C=O) groups is 2. The highest BCUT2D eigenvalue weighted by Gasteiger charge is 2.29. The normalized spacial score (nSPS) is 18.7. The number of ether oxygens (including phenoxy) is 1. The second kappa shape index (κ2) is 6.30. The Kier molecular flexibility index (Phi) is 5.79. The molecule has 0 saturated heterocycles. The first-order valence-electron chi connectivity index (χ1n) is 4.01. The van der Waals surface area contributed by atoms with Crippen molar-refractivity contribution in [3.05, 3.63) is 0 Å². The second-order valence-electron chi connectivity index (χ2n) is 2.84. The topological polar surface area (TPSA) is 150 Å². The Morgan fingerprint density at radius 3 is 2.27 bits per heavy atom. The van der Waals surface area contributed by atoms with E-state index in [1.165, 1.54) is 0 Å². The summed E-state index contributed by atoms with van der Waals surface area (Å²) < 4.78 is 3.95. The Morgan fingerprint density at radius 1 is 1.33 bits per heavy atom. The molecule has 0 amide bonds. The van der Waals surface area contributed by atoms with Crippen LogP contribution in [0.15, 0.2) is 0 Å². The number of nitrogens with two attached hydrogens (primary N) is 1. The summed E-state index contributed by atoms with van der Waals surface area (Å²) in [5, 5.41) is 35.5. The van der Waals surface area contributed by atoms with Crippen molar-refractivity contribution in [1.29, 1.82) is 0 Å². The molecule has 0 aromatic rings. The van der Waals surface area contributed by atoms with Crippen LogP contribution < -0.4 is 5.73 Å². The molecule has 0 aromatic heterocycles. The molecule has 0 radical (unpaired) electrons. The average Bonchev–Trinajstić information content (AvgIpc) is 2.22. The van der Waals surface area contributed by atoms with E-state index in [1.807, 2.05) is 0 Å². The molecule has 0 bridgehead atoms. The van der Waals surface area contributed by atoms with Crippen LogP contribution in [-0.2, 0) is 9.53 Å². The van der Waals surface area contributed by atoms with Gasteiger partial charge in [0, 0.05) is 0 Å². The predicted molar refractivity (Wildman–Crippen MR) is 46.0 cm³/mol. The van der Waals surface area contributed by atoms with Crippen molar-refractivity contribution >= 4 is 12.4 Å². The summed E-state index contributed by atoms with van der Waals surface area (Å²) in [5.41, 5.74) is 5.06. The first-order chi connectivity index (χ1) is 6.90. The van der Waals surface area contributed by atoms with Crippen LogP contribution in [0.1, 0.15) is 0 Å². The van der Waals surface area contributed by atoms with Crippen molar-refractivity contribution < 1.29 is 34.8 Å². The number of aliphatic hydroxyl groups is 3. The van der Waals surface area contributed by atoms with E-state index < -0.39 is 37.1 Å². The van der Waals surface area contributed by atoms with Gasteiger partial charge >= 0.3 is 6.16 Å². The lowest BCUT2D eigenvalue weighted by atomic mass is 10.0. The highest BCUT2D eigenvalue weighted by molar-refractivity contribution is 5.58. The number of hydrogen-bond acceptors (Lipinski definition) is 7. The maximum atomic E-state index is 10.1. The first-order valence-corrected chi connectivity index (χ1v) is 4.01. The van der Waals surface area contributed by atoms with Gasteiger partial charge in [0.15, 0.2) is 0 Å². The maximum absolute atomic E-state index is 10.1. The average molecular weight is 223 g/mol. The minimum Gasteiger partial charge on any atom is -0.450 e. The van der Waals surface area contributed by atoms with Crippen LogP contribution in [0.2, 0.25) is 0 Å². The minimum atomic E-state index is -1.76. The summed E-state index contributed by atoms with van der Waals surface area (Å²) in [6, 6.07) is -1.36. The highest BCUT2D eigenvalue weighted by atomic mass is 16.7. The van der Waals surface area contributed by atoms with E-state index in [2.05, 4.69) is 4.74 Å². The van der Waals surface area contributed by atoms with Crippen molar-refractivity contribution in [1.82, 2.24) is 0 Å². The van der Waals surface area contributed by atoms with Gasteiger partial charge in [-0.15, -0.1) is 0 Å². The number of carboxylic acid groups (broad SMARTS) is 1. The molecule has 0 fully saturated rings. The van der Waals surface area contributed by atoms with Gasteiger partial charge in [-0.3, -0.25) is 0 Å². The van der Waals surface area contributed by atoms with E-state index in [1.54, 1.807) is 0 Å². The minimum absolute atomic E-state index is 0.193. The summed E-state index contributed by atoms with van der Waals surface area (Å²) in [4.78, 5) is 20.1. The molecule has 0 aliphatic carbocycles. The van der Waals surface area contributed by atoms with E-state index in [9.17, 15) is 14.7 Å². The Bertz CT molecular complexity index is 221. The summed E-state index contributed by atoms with van der Waals surface area (Å²) in [6.07, 6.45) is -6.53. The molecular formula is C7H13NO7. The largest absolute Gasteiger partial charge is 0.505 e. The van der Waals surface area contributed by atoms with Gasteiger partial charge in [0.05, 0.1) is 6.04 Å². The summed E-state index contributed by atoms with van der Waals surface area (Å²) in [5.74, 6) is 0. The zero-order valence-electron chi connectivity index (χ0n) is 7.68. The Morgan fingerprint density at radius 2 is 1.87 bits per heavy atom. The van der Waals surface area contributed by atoms with Crippen LogP contribution >= 0.6 is 0 Å².